The molecule has 0 spiro atoms. The lowest BCUT2D eigenvalue weighted by atomic mass is 9.88. The molecule has 0 bridgehead atoms. The van der Waals surface area contributed by atoms with Crippen molar-refractivity contribution in [1.29, 1.82) is 0 Å². The van der Waals surface area contributed by atoms with Crippen LogP contribution >= 0.6 is 0 Å². The van der Waals surface area contributed by atoms with Gasteiger partial charge in [-0.25, -0.2) is 4.98 Å². The molecule has 0 unspecified atom stereocenters. The fourth-order valence-corrected chi connectivity index (χ4v) is 3.33. The van der Waals surface area contributed by atoms with Crippen LogP contribution in [0.1, 0.15) is 49.4 Å². The lowest BCUT2D eigenvalue weighted by molar-refractivity contribution is -0.137. The maximum absolute atomic E-state index is 12.9. The van der Waals surface area contributed by atoms with Crippen LogP contribution < -0.4 is 0 Å². The second-order valence-corrected chi connectivity index (χ2v) is 5.88. The summed E-state index contributed by atoms with van der Waals surface area (Å²) in [7, 11) is 0. The van der Waals surface area contributed by atoms with Crippen molar-refractivity contribution in [2.45, 2.75) is 50.7 Å². The number of aromatic nitrogens is 2. The lowest BCUT2D eigenvalue weighted by Crippen LogP contribution is -2.13. The van der Waals surface area contributed by atoms with Crippen LogP contribution in [0.4, 0.5) is 13.2 Å². The Morgan fingerprint density at radius 3 is 2.55 bits per heavy atom. The van der Waals surface area contributed by atoms with Crippen molar-refractivity contribution in [3.05, 3.63) is 29.6 Å². The van der Waals surface area contributed by atoms with Gasteiger partial charge in [-0.2, -0.15) is 13.2 Å². The van der Waals surface area contributed by atoms with Crippen molar-refractivity contribution < 1.29 is 18.3 Å². The Balaban J connectivity index is 2.08. The number of rotatable bonds is 3. The number of fused-ring (bicyclic) bond motifs is 1. The summed E-state index contributed by atoms with van der Waals surface area (Å²) in [6.45, 7) is 0.319. The number of nitrogens with zero attached hydrogens (tertiary/aromatic N) is 2. The molecule has 1 aromatic heterocycles. The first kappa shape index (κ1) is 15.3. The molecule has 3 rings (SSSR count). The highest BCUT2D eigenvalue weighted by molar-refractivity contribution is 5.77. The van der Waals surface area contributed by atoms with Gasteiger partial charge in [0.2, 0.25) is 0 Å². The summed E-state index contributed by atoms with van der Waals surface area (Å²) in [6.07, 6.45) is 1.12. The molecule has 1 aliphatic carbocycles. The van der Waals surface area contributed by atoms with Crippen LogP contribution in [0.25, 0.3) is 11.0 Å². The van der Waals surface area contributed by atoms with Crippen LogP contribution in [0.2, 0.25) is 0 Å². The average molecular weight is 312 g/mol. The minimum absolute atomic E-state index is 0.0494. The molecule has 1 aromatic carbocycles. The Bertz CT molecular complexity index is 657. The number of hydrogen-bond donors (Lipinski definition) is 1. The summed E-state index contributed by atoms with van der Waals surface area (Å²) < 4.78 is 40.4. The van der Waals surface area contributed by atoms with E-state index in [2.05, 4.69) is 4.98 Å². The van der Waals surface area contributed by atoms with Gasteiger partial charge in [0, 0.05) is 12.5 Å². The smallest absolute Gasteiger partial charge is 0.395 e. The first-order valence-electron chi connectivity index (χ1n) is 7.69. The third-order valence-corrected chi connectivity index (χ3v) is 4.40. The zero-order valence-electron chi connectivity index (χ0n) is 12.2. The zero-order chi connectivity index (χ0) is 15.7. The van der Waals surface area contributed by atoms with Crippen molar-refractivity contribution in [2.24, 2.45) is 0 Å². The van der Waals surface area contributed by atoms with Gasteiger partial charge in [-0.3, -0.25) is 0 Å². The molecule has 0 atom stereocenters. The highest BCUT2D eigenvalue weighted by Gasteiger charge is 2.31. The normalized spacial score (nSPS) is 17.3. The number of hydrogen-bond acceptors (Lipinski definition) is 2. The minimum atomic E-state index is -4.36. The molecular formula is C16H19F3N2O. The fraction of sp³-hybridized carbons (Fsp3) is 0.562. The molecule has 3 nitrogen and oxygen atoms in total. The third-order valence-electron chi connectivity index (χ3n) is 4.40. The Labute approximate surface area is 126 Å². The summed E-state index contributed by atoms with van der Waals surface area (Å²) >= 11 is 0. The van der Waals surface area contributed by atoms with E-state index in [0.717, 1.165) is 43.6 Å². The molecule has 6 heteroatoms. The lowest BCUT2D eigenvalue weighted by Gasteiger charge is -2.22. The molecule has 1 fully saturated rings. The fourth-order valence-electron chi connectivity index (χ4n) is 3.33. The highest BCUT2D eigenvalue weighted by Crippen LogP contribution is 2.36. The minimum Gasteiger partial charge on any atom is -0.395 e. The quantitative estimate of drug-likeness (QED) is 0.927. The van der Waals surface area contributed by atoms with Crippen molar-refractivity contribution in [1.82, 2.24) is 9.55 Å². The van der Waals surface area contributed by atoms with E-state index in [1.165, 1.54) is 12.5 Å². The molecule has 1 aliphatic rings. The van der Waals surface area contributed by atoms with Gasteiger partial charge in [0.15, 0.2) is 0 Å². The number of halogens is 3. The molecule has 0 aliphatic heterocycles. The number of imidazole rings is 1. The summed E-state index contributed by atoms with van der Waals surface area (Å²) in [4.78, 5) is 4.48. The second-order valence-electron chi connectivity index (χ2n) is 5.88. The van der Waals surface area contributed by atoms with Crippen LogP contribution in [0, 0.1) is 0 Å². The van der Waals surface area contributed by atoms with Crippen LogP contribution in [0.5, 0.6) is 0 Å². The first-order chi connectivity index (χ1) is 10.5. The Hall–Kier alpha value is -1.56. The van der Waals surface area contributed by atoms with Gasteiger partial charge < -0.3 is 9.67 Å². The summed E-state index contributed by atoms with van der Waals surface area (Å²) in [6, 6.07) is 3.66. The molecule has 0 saturated heterocycles. The molecule has 22 heavy (non-hydrogen) atoms. The Kier molecular flexibility index (Phi) is 4.12. The van der Waals surface area contributed by atoms with Gasteiger partial charge in [-0.1, -0.05) is 19.3 Å². The van der Waals surface area contributed by atoms with E-state index in [1.807, 2.05) is 4.57 Å². The second kappa shape index (κ2) is 5.91. The Morgan fingerprint density at radius 2 is 1.91 bits per heavy atom. The van der Waals surface area contributed by atoms with Crippen LogP contribution in [0.15, 0.2) is 18.2 Å². The molecular weight excluding hydrogens is 293 g/mol. The topological polar surface area (TPSA) is 38.0 Å². The van der Waals surface area contributed by atoms with Crippen LogP contribution in [0.3, 0.4) is 0 Å². The van der Waals surface area contributed by atoms with E-state index in [1.54, 1.807) is 0 Å². The predicted octanol–water partition coefficient (Wildman–Crippen LogP) is 4.10. The molecule has 1 saturated carbocycles. The van der Waals surface area contributed by atoms with E-state index in [-0.39, 0.29) is 12.5 Å². The van der Waals surface area contributed by atoms with E-state index >= 15 is 0 Å². The van der Waals surface area contributed by atoms with E-state index in [9.17, 15) is 18.3 Å². The first-order valence-corrected chi connectivity index (χ1v) is 7.69. The number of aliphatic hydroxyl groups excluding tert-OH is 1. The Morgan fingerprint density at radius 1 is 1.18 bits per heavy atom. The van der Waals surface area contributed by atoms with E-state index < -0.39 is 11.7 Å². The maximum Gasteiger partial charge on any atom is 0.416 e. The average Bonchev–Trinajstić information content (AvgIpc) is 2.86. The van der Waals surface area contributed by atoms with Gasteiger partial charge in [0.1, 0.15) is 5.82 Å². The maximum atomic E-state index is 12.9. The monoisotopic (exact) mass is 312 g/mol. The zero-order valence-corrected chi connectivity index (χ0v) is 12.2. The molecule has 0 amide bonds. The van der Waals surface area contributed by atoms with Crippen molar-refractivity contribution in [2.75, 3.05) is 6.61 Å². The van der Waals surface area contributed by atoms with Crippen LogP contribution in [-0.2, 0) is 12.7 Å². The number of alkyl halides is 3. The van der Waals surface area contributed by atoms with Crippen molar-refractivity contribution >= 4 is 11.0 Å². The van der Waals surface area contributed by atoms with Crippen molar-refractivity contribution in [3.8, 4) is 0 Å². The number of benzene rings is 1. The standard InChI is InChI=1S/C16H19F3N2O/c17-16(18,19)12-6-7-14-13(10-12)20-15(21(14)8-9-22)11-4-2-1-3-5-11/h6-7,10-11,22H,1-5,8-9H2. The summed E-state index contributed by atoms with van der Waals surface area (Å²) in [5.74, 6) is 1.10. The van der Waals surface area contributed by atoms with E-state index in [4.69, 9.17) is 0 Å². The number of aliphatic hydroxyl groups is 1. The van der Waals surface area contributed by atoms with Gasteiger partial charge in [0.05, 0.1) is 23.2 Å². The molecule has 2 aromatic rings. The summed E-state index contributed by atoms with van der Waals surface area (Å²) in [5, 5.41) is 9.28. The van der Waals surface area contributed by atoms with Gasteiger partial charge in [-0.05, 0) is 31.0 Å². The third kappa shape index (κ3) is 2.84. The van der Waals surface area contributed by atoms with Gasteiger partial charge >= 0.3 is 6.18 Å². The predicted molar refractivity (Wildman–Crippen MR) is 77.6 cm³/mol. The molecule has 0 radical (unpaired) electrons. The van der Waals surface area contributed by atoms with Gasteiger partial charge in [0.25, 0.3) is 0 Å². The molecule has 120 valence electrons. The van der Waals surface area contributed by atoms with Gasteiger partial charge in [-0.15, -0.1) is 0 Å². The SMILES string of the molecule is OCCn1c(C2CCCCC2)nc2cc(C(F)(F)F)ccc21. The largest absolute Gasteiger partial charge is 0.416 e. The van der Waals surface area contributed by atoms with Crippen molar-refractivity contribution in [3.63, 3.8) is 0 Å². The van der Waals surface area contributed by atoms with E-state index in [0.29, 0.717) is 17.6 Å². The highest BCUT2D eigenvalue weighted by atomic mass is 19.4. The molecule has 1 heterocycles. The summed E-state index contributed by atoms with van der Waals surface area (Å²) in [5.41, 5.74) is 0.357. The molecule has 1 N–H and O–H groups in total. The van der Waals surface area contributed by atoms with Crippen LogP contribution in [-0.4, -0.2) is 21.3 Å².